The Labute approximate surface area is 138 Å². The van der Waals surface area contributed by atoms with Crippen molar-refractivity contribution in [3.63, 3.8) is 0 Å². The van der Waals surface area contributed by atoms with Crippen molar-refractivity contribution in [1.29, 1.82) is 0 Å². The maximum absolute atomic E-state index is 11.9. The molecule has 2 N–H and O–H groups in total. The lowest BCUT2D eigenvalue weighted by molar-refractivity contribution is -0.121. The summed E-state index contributed by atoms with van der Waals surface area (Å²) in [7, 11) is 0. The Kier molecular flexibility index (Phi) is 5.73. The van der Waals surface area contributed by atoms with E-state index in [9.17, 15) is 9.59 Å². The molecule has 0 atom stereocenters. The quantitative estimate of drug-likeness (QED) is 0.848. The van der Waals surface area contributed by atoms with Crippen LogP contribution < -0.4 is 5.32 Å². The number of ether oxygens (including phenoxy) is 1. The summed E-state index contributed by atoms with van der Waals surface area (Å²) in [6.07, 6.45) is 0. The number of carbonyl (C=O) groups is 2. The van der Waals surface area contributed by atoms with E-state index in [1.807, 2.05) is 12.1 Å². The largest absolute Gasteiger partial charge is 0.478 e. The standard InChI is InChI=1S/C17H16ClNO4/c1-11-7-13(17(21)22)5-6-15(11)19-16(20)10-23-9-12-3-2-4-14(18)8-12/h2-8H,9-10H2,1H3,(H,19,20)(H,21,22). The van der Waals surface area contributed by atoms with E-state index >= 15 is 0 Å². The molecule has 5 nitrogen and oxygen atoms in total. The van der Waals surface area contributed by atoms with E-state index in [0.717, 1.165) is 5.56 Å². The molecule has 0 aliphatic rings. The fourth-order valence-electron chi connectivity index (χ4n) is 2.01. The van der Waals surface area contributed by atoms with Gasteiger partial charge >= 0.3 is 5.97 Å². The number of aryl methyl sites for hydroxylation is 1. The van der Waals surface area contributed by atoms with Gasteiger partial charge in [0.05, 0.1) is 12.2 Å². The van der Waals surface area contributed by atoms with E-state index in [1.54, 1.807) is 25.1 Å². The second-order valence-electron chi connectivity index (χ2n) is 5.01. The molecule has 0 bridgehead atoms. The van der Waals surface area contributed by atoms with Gasteiger partial charge in [-0.1, -0.05) is 23.7 Å². The molecule has 2 aromatic carbocycles. The first-order valence-electron chi connectivity index (χ1n) is 6.91. The van der Waals surface area contributed by atoms with Crippen molar-refractivity contribution in [2.24, 2.45) is 0 Å². The third kappa shape index (κ3) is 5.09. The minimum absolute atomic E-state index is 0.105. The number of aromatic carboxylic acids is 1. The van der Waals surface area contributed by atoms with Gasteiger partial charge in [0.2, 0.25) is 5.91 Å². The molecule has 1 amide bonds. The number of rotatable bonds is 6. The zero-order valence-electron chi connectivity index (χ0n) is 12.5. The molecule has 0 spiro atoms. The minimum atomic E-state index is -1.00. The summed E-state index contributed by atoms with van der Waals surface area (Å²) in [5, 5.41) is 12.2. The van der Waals surface area contributed by atoms with Crippen molar-refractivity contribution in [1.82, 2.24) is 0 Å². The average molecular weight is 334 g/mol. The summed E-state index contributed by atoms with van der Waals surface area (Å²) in [6.45, 7) is 1.91. The third-order valence-electron chi connectivity index (χ3n) is 3.14. The fraction of sp³-hybridized carbons (Fsp3) is 0.176. The first-order valence-corrected chi connectivity index (χ1v) is 7.29. The van der Waals surface area contributed by atoms with Crippen LogP contribution in [0.4, 0.5) is 5.69 Å². The van der Waals surface area contributed by atoms with Crippen molar-refractivity contribution >= 4 is 29.2 Å². The van der Waals surface area contributed by atoms with E-state index in [4.69, 9.17) is 21.4 Å². The van der Waals surface area contributed by atoms with E-state index < -0.39 is 5.97 Å². The Morgan fingerprint density at radius 2 is 2.00 bits per heavy atom. The molecule has 0 saturated carbocycles. The highest BCUT2D eigenvalue weighted by Gasteiger charge is 2.08. The first kappa shape index (κ1) is 17.0. The molecule has 0 radical (unpaired) electrons. The molecule has 0 aliphatic carbocycles. The number of nitrogens with one attached hydrogen (secondary N) is 1. The van der Waals surface area contributed by atoms with Crippen LogP contribution in [0, 0.1) is 6.92 Å². The third-order valence-corrected chi connectivity index (χ3v) is 3.37. The van der Waals surface area contributed by atoms with Crippen LogP contribution in [0.25, 0.3) is 0 Å². The van der Waals surface area contributed by atoms with Crippen LogP contribution in [0.1, 0.15) is 21.5 Å². The SMILES string of the molecule is Cc1cc(C(=O)O)ccc1NC(=O)COCc1cccc(Cl)c1. The van der Waals surface area contributed by atoms with Crippen LogP contribution in [0.2, 0.25) is 5.02 Å². The zero-order valence-corrected chi connectivity index (χ0v) is 13.3. The number of carboxylic acid groups (broad SMARTS) is 1. The van der Waals surface area contributed by atoms with Crippen LogP contribution in [0.15, 0.2) is 42.5 Å². The molecule has 6 heteroatoms. The number of anilines is 1. The van der Waals surface area contributed by atoms with Crippen molar-refractivity contribution < 1.29 is 19.4 Å². The lowest BCUT2D eigenvalue weighted by Crippen LogP contribution is -2.19. The van der Waals surface area contributed by atoms with Crippen LogP contribution in [-0.2, 0) is 16.1 Å². The maximum Gasteiger partial charge on any atom is 0.335 e. The lowest BCUT2D eigenvalue weighted by atomic mass is 10.1. The Balaban J connectivity index is 1.86. The molecule has 2 rings (SSSR count). The first-order chi connectivity index (χ1) is 11.0. The van der Waals surface area contributed by atoms with Gasteiger partial charge in [0.25, 0.3) is 0 Å². The summed E-state index contributed by atoms with van der Waals surface area (Å²) < 4.78 is 5.35. The smallest absolute Gasteiger partial charge is 0.335 e. The van der Waals surface area contributed by atoms with E-state index in [-0.39, 0.29) is 24.7 Å². The fourth-order valence-corrected chi connectivity index (χ4v) is 2.22. The van der Waals surface area contributed by atoms with Crippen LogP contribution in [0.3, 0.4) is 0 Å². The second-order valence-corrected chi connectivity index (χ2v) is 5.44. The molecule has 2 aromatic rings. The second kappa shape index (κ2) is 7.76. The number of carbonyl (C=O) groups excluding carboxylic acids is 1. The van der Waals surface area contributed by atoms with Gasteiger partial charge in [-0.3, -0.25) is 4.79 Å². The summed E-state index contributed by atoms with van der Waals surface area (Å²) in [6, 6.07) is 11.7. The van der Waals surface area contributed by atoms with Gasteiger partial charge in [0, 0.05) is 10.7 Å². The molecule has 0 aromatic heterocycles. The van der Waals surface area contributed by atoms with Gasteiger partial charge in [0.15, 0.2) is 0 Å². The van der Waals surface area contributed by atoms with E-state index in [1.165, 1.54) is 12.1 Å². The number of benzene rings is 2. The van der Waals surface area contributed by atoms with Crippen LogP contribution >= 0.6 is 11.6 Å². The number of halogens is 1. The van der Waals surface area contributed by atoms with E-state index in [0.29, 0.717) is 16.3 Å². The molecule has 0 aliphatic heterocycles. The highest BCUT2D eigenvalue weighted by molar-refractivity contribution is 6.30. The van der Waals surface area contributed by atoms with Gasteiger partial charge < -0.3 is 15.2 Å². The molecule has 0 saturated heterocycles. The topological polar surface area (TPSA) is 75.6 Å². The number of amides is 1. The highest BCUT2D eigenvalue weighted by Crippen LogP contribution is 2.17. The van der Waals surface area contributed by atoms with Crippen LogP contribution in [-0.4, -0.2) is 23.6 Å². The van der Waals surface area contributed by atoms with Gasteiger partial charge in [-0.2, -0.15) is 0 Å². The van der Waals surface area contributed by atoms with Crippen molar-refractivity contribution in [3.05, 3.63) is 64.2 Å². The van der Waals surface area contributed by atoms with Crippen molar-refractivity contribution in [2.75, 3.05) is 11.9 Å². The molecule has 23 heavy (non-hydrogen) atoms. The van der Waals surface area contributed by atoms with Crippen LogP contribution in [0.5, 0.6) is 0 Å². The molecule has 0 unspecified atom stereocenters. The molecular weight excluding hydrogens is 318 g/mol. The summed E-state index contributed by atoms with van der Waals surface area (Å²) in [5.41, 5.74) is 2.30. The summed E-state index contributed by atoms with van der Waals surface area (Å²) in [4.78, 5) is 22.7. The Morgan fingerprint density at radius 3 is 2.65 bits per heavy atom. The predicted molar refractivity (Wildman–Crippen MR) is 87.9 cm³/mol. The average Bonchev–Trinajstić information content (AvgIpc) is 2.49. The minimum Gasteiger partial charge on any atom is -0.478 e. The van der Waals surface area contributed by atoms with Gasteiger partial charge in [0.1, 0.15) is 6.61 Å². The highest BCUT2D eigenvalue weighted by atomic mass is 35.5. The maximum atomic E-state index is 11.9. The monoisotopic (exact) mass is 333 g/mol. The lowest BCUT2D eigenvalue weighted by Gasteiger charge is -2.09. The zero-order chi connectivity index (χ0) is 16.8. The van der Waals surface area contributed by atoms with E-state index in [2.05, 4.69) is 5.32 Å². The van der Waals surface area contributed by atoms with Crippen molar-refractivity contribution in [3.8, 4) is 0 Å². The predicted octanol–water partition coefficient (Wildman–Crippen LogP) is 3.50. The molecule has 120 valence electrons. The van der Waals surface area contributed by atoms with Gasteiger partial charge in [-0.05, 0) is 48.4 Å². The normalized spacial score (nSPS) is 10.3. The number of hydrogen-bond acceptors (Lipinski definition) is 3. The van der Waals surface area contributed by atoms with Gasteiger partial charge in [-0.15, -0.1) is 0 Å². The van der Waals surface area contributed by atoms with Gasteiger partial charge in [-0.25, -0.2) is 4.79 Å². The summed E-state index contributed by atoms with van der Waals surface area (Å²) >= 11 is 5.87. The molecule has 0 fully saturated rings. The summed E-state index contributed by atoms with van der Waals surface area (Å²) in [5.74, 6) is -1.31. The molecular formula is C17H16ClNO4. The Morgan fingerprint density at radius 1 is 1.22 bits per heavy atom. The number of hydrogen-bond donors (Lipinski definition) is 2. The molecule has 0 heterocycles. The van der Waals surface area contributed by atoms with Crippen molar-refractivity contribution in [2.45, 2.75) is 13.5 Å². The number of carboxylic acids is 1. The Hall–Kier alpha value is -2.37. The Bertz CT molecular complexity index is 730.